The summed E-state index contributed by atoms with van der Waals surface area (Å²) >= 11 is 0. The third-order valence-corrected chi connectivity index (χ3v) is 4.59. The van der Waals surface area contributed by atoms with E-state index in [0.29, 0.717) is 39.0 Å². The molecule has 7 N–H and O–H groups in total. The van der Waals surface area contributed by atoms with Crippen molar-refractivity contribution in [1.82, 2.24) is 15.2 Å². The number of phenols is 1. The Balaban J connectivity index is 2.02. The summed E-state index contributed by atoms with van der Waals surface area (Å²) in [6, 6.07) is 13.2. The van der Waals surface area contributed by atoms with Crippen LogP contribution in [0, 0.1) is 0 Å². The van der Waals surface area contributed by atoms with E-state index in [-0.39, 0.29) is 11.4 Å². The van der Waals surface area contributed by atoms with E-state index >= 15 is 0 Å². The van der Waals surface area contributed by atoms with E-state index in [1.54, 1.807) is 42.6 Å². The Morgan fingerprint density at radius 3 is 2.46 bits per heavy atom. The number of nitrogens with two attached hydrogens (primary N) is 2. The van der Waals surface area contributed by atoms with Gasteiger partial charge in [-0.15, -0.1) is 10.2 Å². The third kappa shape index (κ3) is 2.81. The maximum Gasteiger partial charge on any atom is 0.269 e. The summed E-state index contributed by atoms with van der Waals surface area (Å²) in [7, 11) is 0. The van der Waals surface area contributed by atoms with Crippen molar-refractivity contribution < 1.29 is 15.0 Å². The largest absolute Gasteiger partial charge is 0.508 e. The Bertz CT molecular complexity index is 1180. The first-order valence-electron chi connectivity index (χ1n) is 8.46. The van der Waals surface area contributed by atoms with Gasteiger partial charge in [-0.25, -0.2) is 0 Å². The molecule has 0 aliphatic carbocycles. The van der Waals surface area contributed by atoms with Crippen LogP contribution in [-0.4, -0.2) is 31.3 Å². The minimum atomic E-state index is -1.04. The summed E-state index contributed by atoms with van der Waals surface area (Å²) in [5, 5.41) is 28.9. The molecule has 0 aliphatic rings. The second-order valence-electron chi connectivity index (χ2n) is 6.34. The highest BCUT2D eigenvalue weighted by Gasteiger charge is 2.25. The molecule has 0 bridgehead atoms. The molecule has 8 nitrogen and oxygen atoms in total. The van der Waals surface area contributed by atoms with E-state index in [9.17, 15) is 15.0 Å². The molecule has 4 rings (SSSR count). The maximum atomic E-state index is 12.0. The fourth-order valence-electron chi connectivity index (χ4n) is 3.25. The molecule has 1 unspecified atom stereocenters. The summed E-state index contributed by atoms with van der Waals surface area (Å²) < 4.78 is 0. The summed E-state index contributed by atoms with van der Waals surface area (Å²) in [4.78, 5) is 15.0. The second-order valence-corrected chi connectivity index (χ2v) is 6.34. The zero-order chi connectivity index (χ0) is 19.8. The number of aromatic nitrogens is 3. The number of para-hydroxylation sites is 1. The molecular formula is C20H17N5O3. The van der Waals surface area contributed by atoms with Gasteiger partial charge in [-0.2, -0.15) is 0 Å². The molecule has 0 aliphatic heterocycles. The number of nitrogen functional groups attached to an aromatic ring is 1. The van der Waals surface area contributed by atoms with Crippen LogP contribution in [-0.2, 0) is 0 Å². The monoisotopic (exact) mass is 375 g/mol. The number of nitrogens with zero attached hydrogens (tertiary/aromatic N) is 2. The first kappa shape index (κ1) is 17.5. The van der Waals surface area contributed by atoms with Crippen LogP contribution in [0.3, 0.4) is 0 Å². The molecule has 1 amide bonds. The average molecular weight is 375 g/mol. The molecule has 0 spiro atoms. The normalized spacial score (nSPS) is 12.2. The molecule has 0 fully saturated rings. The topological polar surface area (TPSA) is 151 Å². The maximum absolute atomic E-state index is 12.0. The highest BCUT2D eigenvalue weighted by atomic mass is 16.3. The lowest BCUT2D eigenvalue weighted by atomic mass is 9.94. The van der Waals surface area contributed by atoms with Gasteiger partial charge in [0, 0.05) is 34.0 Å². The lowest BCUT2D eigenvalue weighted by Crippen LogP contribution is -2.16. The molecule has 0 saturated carbocycles. The number of fused-ring (bicyclic) bond motifs is 1. The van der Waals surface area contributed by atoms with Gasteiger partial charge in [0.2, 0.25) is 0 Å². The molecule has 8 heteroatoms. The van der Waals surface area contributed by atoms with E-state index in [1.807, 2.05) is 0 Å². The molecule has 28 heavy (non-hydrogen) atoms. The molecule has 4 aromatic rings. The number of aromatic hydroxyl groups is 1. The van der Waals surface area contributed by atoms with Crippen LogP contribution in [0.2, 0.25) is 0 Å². The van der Waals surface area contributed by atoms with Crippen molar-refractivity contribution in [1.29, 1.82) is 0 Å². The lowest BCUT2D eigenvalue weighted by Gasteiger charge is -2.14. The van der Waals surface area contributed by atoms with Crippen molar-refractivity contribution in [2.45, 2.75) is 6.10 Å². The van der Waals surface area contributed by atoms with E-state index in [0.717, 1.165) is 0 Å². The molecule has 140 valence electrons. The average Bonchev–Trinajstić information content (AvgIpc) is 3.12. The first-order valence-corrected chi connectivity index (χ1v) is 8.46. The molecule has 2 aromatic carbocycles. The number of anilines is 1. The van der Waals surface area contributed by atoms with Crippen molar-refractivity contribution in [3.63, 3.8) is 0 Å². The van der Waals surface area contributed by atoms with Crippen LogP contribution < -0.4 is 11.5 Å². The lowest BCUT2D eigenvalue weighted by molar-refractivity contribution is 0.0995. The van der Waals surface area contributed by atoms with Crippen LogP contribution in [0.25, 0.3) is 22.2 Å². The summed E-state index contributed by atoms with van der Waals surface area (Å²) in [6.07, 6.45) is 0.563. The van der Waals surface area contributed by atoms with Crippen LogP contribution in [0.15, 0.2) is 54.7 Å². The molecule has 0 radical (unpaired) electrons. The Labute approximate surface area is 159 Å². The number of amides is 1. The van der Waals surface area contributed by atoms with Crippen molar-refractivity contribution >= 4 is 22.6 Å². The molecule has 1 atom stereocenters. The predicted octanol–water partition coefficient (Wildman–Crippen LogP) is 2.09. The molecule has 2 heterocycles. The van der Waals surface area contributed by atoms with Gasteiger partial charge in [0.25, 0.3) is 5.91 Å². The minimum absolute atomic E-state index is 0.0378. The third-order valence-electron chi connectivity index (χ3n) is 4.59. The van der Waals surface area contributed by atoms with Crippen molar-refractivity contribution in [3.05, 3.63) is 71.5 Å². The van der Waals surface area contributed by atoms with Gasteiger partial charge >= 0.3 is 0 Å². The number of benzene rings is 2. The Hall–Kier alpha value is -3.91. The second kappa shape index (κ2) is 6.67. The van der Waals surface area contributed by atoms with Crippen LogP contribution in [0.5, 0.6) is 5.75 Å². The van der Waals surface area contributed by atoms with Gasteiger partial charge in [0.15, 0.2) is 11.3 Å². The van der Waals surface area contributed by atoms with Gasteiger partial charge in [-0.05, 0) is 23.8 Å². The van der Waals surface area contributed by atoms with E-state index in [1.165, 1.54) is 12.1 Å². The Kier molecular flexibility index (Phi) is 4.17. The van der Waals surface area contributed by atoms with Gasteiger partial charge in [-0.1, -0.05) is 30.3 Å². The SMILES string of the molecule is NC(=O)c1nnc2[nH]cc(C(O)c3ccc(O)cc3)c2c1-c1ccccc1N. The van der Waals surface area contributed by atoms with Crippen molar-refractivity contribution in [3.8, 4) is 16.9 Å². The minimum Gasteiger partial charge on any atom is -0.508 e. The molecule has 2 aromatic heterocycles. The van der Waals surface area contributed by atoms with E-state index < -0.39 is 12.0 Å². The van der Waals surface area contributed by atoms with Crippen molar-refractivity contribution in [2.75, 3.05) is 5.73 Å². The number of rotatable bonds is 4. The fourth-order valence-corrected chi connectivity index (χ4v) is 3.25. The number of phenolic OH excluding ortho intramolecular Hbond substituents is 1. The Morgan fingerprint density at radius 1 is 1.07 bits per heavy atom. The molecular weight excluding hydrogens is 358 g/mol. The van der Waals surface area contributed by atoms with Crippen LogP contribution in [0.1, 0.15) is 27.7 Å². The van der Waals surface area contributed by atoms with Crippen molar-refractivity contribution in [2.24, 2.45) is 5.73 Å². The standard InChI is InChI=1S/C20H17N5O3/c21-14-4-2-1-3-12(14)15-16-13(18(27)10-5-7-11(26)8-6-10)9-23-20(16)25-24-17(15)19(22)28/h1-9,18,26-27H,21H2,(H2,22,28)(H,23,25). The van der Waals surface area contributed by atoms with Crippen LogP contribution >= 0.6 is 0 Å². The number of primary amides is 1. The number of aromatic amines is 1. The fraction of sp³-hybridized carbons (Fsp3) is 0.0500. The number of aliphatic hydroxyl groups excluding tert-OH is 1. The quantitative estimate of drug-likeness (QED) is 0.345. The summed E-state index contributed by atoms with van der Waals surface area (Å²) in [5.41, 5.74) is 14.5. The smallest absolute Gasteiger partial charge is 0.269 e. The van der Waals surface area contributed by atoms with Crippen LogP contribution in [0.4, 0.5) is 5.69 Å². The number of nitrogens with one attached hydrogen (secondary N) is 1. The number of carbonyl (C=O) groups is 1. The highest BCUT2D eigenvalue weighted by molar-refractivity contribution is 6.09. The van der Waals surface area contributed by atoms with Gasteiger partial charge in [-0.3, -0.25) is 4.79 Å². The van der Waals surface area contributed by atoms with Gasteiger partial charge < -0.3 is 26.7 Å². The number of carbonyl (C=O) groups excluding carboxylic acids is 1. The number of hydrogen-bond donors (Lipinski definition) is 5. The molecule has 0 saturated heterocycles. The summed E-state index contributed by atoms with van der Waals surface area (Å²) in [6.45, 7) is 0. The first-order chi connectivity index (χ1) is 13.5. The number of aliphatic hydroxyl groups is 1. The number of H-pyrrole nitrogens is 1. The predicted molar refractivity (Wildman–Crippen MR) is 104 cm³/mol. The zero-order valence-corrected chi connectivity index (χ0v) is 14.6. The van der Waals surface area contributed by atoms with E-state index in [2.05, 4.69) is 15.2 Å². The highest BCUT2D eigenvalue weighted by Crippen LogP contribution is 2.38. The van der Waals surface area contributed by atoms with E-state index in [4.69, 9.17) is 11.5 Å². The zero-order valence-electron chi connectivity index (χ0n) is 14.6. The van der Waals surface area contributed by atoms with Gasteiger partial charge in [0.05, 0.1) is 0 Å². The van der Waals surface area contributed by atoms with Gasteiger partial charge in [0.1, 0.15) is 11.9 Å². The number of hydrogen-bond acceptors (Lipinski definition) is 6. The Morgan fingerprint density at radius 2 is 1.79 bits per heavy atom. The summed E-state index contributed by atoms with van der Waals surface area (Å²) in [5.74, 6) is -0.659.